The molecule has 0 saturated carbocycles. The molecular formula is C16H22N4O4. The van der Waals surface area contributed by atoms with Crippen LogP contribution in [0.15, 0.2) is 23.9 Å². The van der Waals surface area contributed by atoms with Crippen LogP contribution in [0.5, 0.6) is 11.5 Å². The summed E-state index contributed by atoms with van der Waals surface area (Å²) < 4.78 is 10.4. The summed E-state index contributed by atoms with van der Waals surface area (Å²) in [7, 11) is 8.15. The van der Waals surface area contributed by atoms with Crippen molar-refractivity contribution in [2.24, 2.45) is 0 Å². The molecule has 1 aromatic carbocycles. The van der Waals surface area contributed by atoms with Gasteiger partial charge in [-0.2, -0.15) is 0 Å². The Kier molecular flexibility index (Phi) is 6.79. The normalized spacial score (nSPS) is 14.7. The van der Waals surface area contributed by atoms with E-state index in [2.05, 4.69) is 5.32 Å². The summed E-state index contributed by atoms with van der Waals surface area (Å²) >= 11 is 0. The molecule has 1 heterocycles. The van der Waals surface area contributed by atoms with Gasteiger partial charge in [-0.3, -0.25) is 20.3 Å². The topological polar surface area (TPSA) is 95.0 Å². The van der Waals surface area contributed by atoms with Crippen LogP contribution in [0.1, 0.15) is 5.56 Å². The Morgan fingerprint density at radius 3 is 2.21 bits per heavy atom. The van der Waals surface area contributed by atoms with E-state index < -0.39 is 0 Å². The molecule has 2 N–H and O–H groups in total. The van der Waals surface area contributed by atoms with Crippen LogP contribution >= 0.6 is 0 Å². The van der Waals surface area contributed by atoms with Crippen LogP contribution in [0.2, 0.25) is 0 Å². The fraction of sp³-hybridized carbons (Fsp3) is 0.312. The standard InChI is InChI=1S/C13H15N3O3.C3H7NO/c1-16-9(12(17)15-13(16)14)6-8-4-5-10(18-2)11(7-8)19-3;1-4(2)3-5/h4-7H,1-3H3,(H2,14,15,17);3H,1-2H3/b9-6+;. The van der Waals surface area contributed by atoms with Crippen LogP contribution in [-0.2, 0) is 9.59 Å². The maximum absolute atomic E-state index is 11.7. The van der Waals surface area contributed by atoms with Crippen LogP contribution in [0.25, 0.3) is 6.08 Å². The molecule has 0 bridgehead atoms. The van der Waals surface area contributed by atoms with Gasteiger partial charge in [0, 0.05) is 21.1 Å². The van der Waals surface area contributed by atoms with Crippen molar-refractivity contribution in [2.75, 3.05) is 35.4 Å². The lowest BCUT2D eigenvalue weighted by Crippen LogP contribution is -2.25. The number of benzene rings is 1. The van der Waals surface area contributed by atoms with Crippen LogP contribution in [0.3, 0.4) is 0 Å². The Bertz CT molecular complexity index is 655. The molecule has 0 aromatic heterocycles. The van der Waals surface area contributed by atoms with Crippen molar-refractivity contribution in [2.45, 2.75) is 0 Å². The molecule has 1 aromatic rings. The Morgan fingerprint density at radius 2 is 1.79 bits per heavy atom. The summed E-state index contributed by atoms with van der Waals surface area (Å²) in [6.07, 6.45) is 2.44. The number of hydrogen-bond acceptors (Lipinski definition) is 5. The number of amides is 2. The SMILES string of the molecule is CN(C)C=O.COc1ccc(/C=C2\C(=O)NC(=N)N2C)cc1OC. The lowest BCUT2D eigenvalue weighted by Gasteiger charge is -2.10. The molecular weight excluding hydrogens is 312 g/mol. The van der Waals surface area contributed by atoms with E-state index in [0.29, 0.717) is 17.2 Å². The van der Waals surface area contributed by atoms with Crippen molar-refractivity contribution in [1.29, 1.82) is 5.41 Å². The van der Waals surface area contributed by atoms with E-state index in [9.17, 15) is 9.59 Å². The summed E-state index contributed by atoms with van der Waals surface area (Å²) in [4.78, 5) is 24.0. The average Bonchev–Trinajstić information content (AvgIpc) is 2.81. The van der Waals surface area contributed by atoms with Crippen molar-refractivity contribution in [3.63, 3.8) is 0 Å². The van der Waals surface area contributed by atoms with Gasteiger partial charge >= 0.3 is 0 Å². The highest BCUT2D eigenvalue weighted by Gasteiger charge is 2.26. The van der Waals surface area contributed by atoms with E-state index >= 15 is 0 Å². The molecule has 1 aliphatic heterocycles. The summed E-state index contributed by atoms with van der Waals surface area (Å²) in [6.45, 7) is 0. The first kappa shape index (κ1) is 19.0. The fourth-order valence-electron chi connectivity index (χ4n) is 1.79. The number of carbonyl (C=O) groups excluding carboxylic acids is 2. The molecule has 0 atom stereocenters. The Morgan fingerprint density at radius 1 is 1.21 bits per heavy atom. The van der Waals surface area contributed by atoms with Gasteiger partial charge in [-0.25, -0.2) is 0 Å². The molecule has 8 heteroatoms. The van der Waals surface area contributed by atoms with Crippen LogP contribution in [0, 0.1) is 5.41 Å². The van der Waals surface area contributed by atoms with Crippen LogP contribution in [0.4, 0.5) is 0 Å². The van der Waals surface area contributed by atoms with Gasteiger partial charge in [-0.1, -0.05) is 6.07 Å². The van der Waals surface area contributed by atoms with E-state index in [1.165, 1.54) is 9.80 Å². The second kappa shape index (κ2) is 8.56. The highest BCUT2D eigenvalue weighted by molar-refractivity contribution is 6.14. The maximum Gasteiger partial charge on any atom is 0.274 e. The zero-order valence-corrected chi connectivity index (χ0v) is 14.4. The fourth-order valence-corrected chi connectivity index (χ4v) is 1.79. The van der Waals surface area contributed by atoms with Gasteiger partial charge in [0.25, 0.3) is 5.91 Å². The molecule has 1 saturated heterocycles. The van der Waals surface area contributed by atoms with Gasteiger partial charge in [0.05, 0.1) is 14.2 Å². The van der Waals surface area contributed by atoms with E-state index in [1.54, 1.807) is 53.6 Å². The first-order valence-electron chi connectivity index (χ1n) is 7.03. The zero-order chi connectivity index (χ0) is 18.3. The summed E-state index contributed by atoms with van der Waals surface area (Å²) in [5.41, 5.74) is 1.21. The molecule has 1 aliphatic rings. The van der Waals surface area contributed by atoms with Gasteiger partial charge in [0.2, 0.25) is 12.4 Å². The Hall–Kier alpha value is -3.03. The lowest BCUT2D eigenvalue weighted by molar-refractivity contribution is -0.116. The highest BCUT2D eigenvalue weighted by atomic mass is 16.5. The molecule has 130 valence electrons. The van der Waals surface area contributed by atoms with Crippen molar-refractivity contribution >= 4 is 24.4 Å². The Balaban J connectivity index is 0.000000505. The van der Waals surface area contributed by atoms with Crippen LogP contribution in [-0.4, -0.2) is 63.4 Å². The third-order valence-electron chi connectivity index (χ3n) is 3.08. The van der Waals surface area contributed by atoms with Gasteiger partial charge in [-0.15, -0.1) is 0 Å². The first-order valence-corrected chi connectivity index (χ1v) is 7.03. The number of ether oxygens (including phenoxy) is 2. The minimum atomic E-state index is -0.290. The van der Waals surface area contributed by atoms with E-state index in [4.69, 9.17) is 14.9 Å². The van der Waals surface area contributed by atoms with Crippen molar-refractivity contribution in [1.82, 2.24) is 15.1 Å². The third-order valence-corrected chi connectivity index (χ3v) is 3.08. The van der Waals surface area contributed by atoms with Gasteiger partial charge in [0.1, 0.15) is 5.70 Å². The van der Waals surface area contributed by atoms with E-state index in [0.717, 1.165) is 12.0 Å². The molecule has 0 unspecified atom stereocenters. The lowest BCUT2D eigenvalue weighted by atomic mass is 10.1. The molecule has 1 fully saturated rings. The Labute approximate surface area is 141 Å². The predicted molar refractivity (Wildman–Crippen MR) is 90.9 cm³/mol. The van der Waals surface area contributed by atoms with Crippen LogP contribution < -0.4 is 14.8 Å². The second-order valence-corrected chi connectivity index (χ2v) is 5.07. The molecule has 8 nitrogen and oxygen atoms in total. The molecule has 0 radical (unpaired) electrons. The number of guanidine groups is 1. The zero-order valence-electron chi connectivity index (χ0n) is 14.4. The molecule has 2 amide bonds. The number of nitrogens with one attached hydrogen (secondary N) is 2. The summed E-state index contributed by atoms with van der Waals surface area (Å²) in [5.74, 6) is 0.994. The number of hydrogen-bond donors (Lipinski definition) is 2. The predicted octanol–water partition coefficient (Wildman–Crippen LogP) is 0.745. The average molecular weight is 334 g/mol. The third kappa shape index (κ3) is 4.73. The smallest absolute Gasteiger partial charge is 0.274 e. The maximum atomic E-state index is 11.7. The minimum absolute atomic E-state index is 0.0664. The molecule has 24 heavy (non-hydrogen) atoms. The minimum Gasteiger partial charge on any atom is -0.493 e. The molecule has 0 spiro atoms. The monoisotopic (exact) mass is 334 g/mol. The summed E-state index contributed by atoms with van der Waals surface area (Å²) in [6, 6.07) is 5.36. The van der Waals surface area contributed by atoms with Crippen molar-refractivity contribution in [3.8, 4) is 11.5 Å². The van der Waals surface area contributed by atoms with E-state index in [-0.39, 0.29) is 11.9 Å². The number of nitrogens with zero attached hydrogens (tertiary/aromatic N) is 2. The quantitative estimate of drug-likeness (QED) is 0.626. The number of carbonyl (C=O) groups is 2. The largest absolute Gasteiger partial charge is 0.493 e. The number of methoxy groups -OCH3 is 2. The van der Waals surface area contributed by atoms with Crippen molar-refractivity contribution < 1.29 is 19.1 Å². The highest BCUT2D eigenvalue weighted by Crippen LogP contribution is 2.28. The summed E-state index contributed by atoms with van der Waals surface area (Å²) in [5, 5.41) is 9.97. The number of rotatable bonds is 4. The van der Waals surface area contributed by atoms with Gasteiger partial charge in [-0.05, 0) is 23.8 Å². The first-order chi connectivity index (χ1) is 11.3. The molecule has 2 rings (SSSR count). The van der Waals surface area contributed by atoms with E-state index in [1.807, 2.05) is 6.07 Å². The second-order valence-electron chi connectivity index (χ2n) is 5.07. The van der Waals surface area contributed by atoms with Gasteiger partial charge < -0.3 is 19.3 Å². The molecule has 0 aliphatic carbocycles. The van der Waals surface area contributed by atoms with Gasteiger partial charge in [0.15, 0.2) is 11.5 Å². The number of likely N-dealkylation sites (N-methyl/N-ethyl adjacent to an activating group) is 1. The van der Waals surface area contributed by atoms with Crippen molar-refractivity contribution in [3.05, 3.63) is 29.5 Å².